The van der Waals surface area contributed by atoms with E-state index in [-0.39, 0.29) is 13.2 Å². The molecule has 0 bridgehead atoms. The third kappa shape index (κ3) is 7.37. The highest BCUT2D eigenvalue weighted by Gasteiger charge is 2.27. The molecule has 0 saturated carbocycles. The van der Waals surface area contributed by atoms with Crippen molar-refractivity contribution in [1.82, 2.24) is 0 Å². The Labute approximate surface area is 206 Å². The number of hydrogen-bond acceptors (Lipinski definition) is 8. The van der Waals surface area contributed by atoms with Crippen molar-refractivity contribution in [1.29, 1.82) is 0 Å². The van der Waals surface area contributed by atoms with Gasteiger partial charge in [0.15, 0.2) is 0 Å². The minimum absolute atomic E-state index is 0.174. The number of thioether (sulfide) groups is 6. The topological polar surface area (TPSA) is 40.5 Å². The molecular weight excluding hydrogens is 489 g/mol. The fraction of sp³-hybridized carbons (Fsp3) is 0.545. The van der Waals surface area contributed by atoms with Crippen molar-refractivity contribution in [3.63, 3.8) is 0 Å². The Balaban J connectivity index is 1.43. The van der Waals surface area contributed by atoms with Crippen LogP contribution in [0.4, 0.5) is 0 Å². The summed E-state index contributed by atoms with van der Waals surface area (Å²) in [6.45, 7) is 4.89. The molecule has 1 aromatic carbocycles. The van der Waals surface area contributed by atoms with Crippen LogP contribution in [0.1, 0.15) is 26.7 Å². The molecule has 0 aromatic heterocycles. The normalized spacial score (nSPS) is 23.3. The number of aliphatic hydroxyl groups is 2. The summed E-state index contributed by atoms with van der Waals surface area (Å²) in [7, 11) is 0. The first-order chi connectivity index (χ1) is 14.7. The predicted molar refractivity (Wildman–Crippen MR) is 144 cm³/mol. The van der Waals surface area contributed by atoms with Gasteiger partial charge in [0, 0.05) is 31.1 Å². The van der Waals surface area contributed by atoms with E-state index in [1.54, 1.807) is 0 Å². The first kappa shape index (κ1) is 25.3. The second kappa shape index (κ2) is 13.4. The van der Waals surface area contributed by atoms with E-state index in [9.17, 15) is 10.2 Å². The Morgan fingerprint density at radius 3 is 1.47 bits per heavy atom. The first-order valence-electron chi connectivity index (χ1n) is 10.3. The molecule has 2 N–H and O–H groups in total. The molecule has 2 heterocycles. The lowest BCUT2D eigenvalue weighted by molar-refractivity contribution is 0.339. The zero-order valence-electron chi connectivity index (χ0n) is 17.4. The average Bonchev–Trinajstić information content (AvgIpc) is 3.45. The molecule has 0 aliphatic carbocycles. The van der Waals surface area contributed by atoms with Crippen molar-refractivity contribution in [2.75, 3.05) is 24.7 Å². The maximum Gasteiger partial charge on any atom is 0.0746 e. The lowest BCUT2D eigenvalue weighted by Gasteiger charge is -2.21. The molecule has 2 aliphatic rings. The Kier molecular flexibility index (Phi) is 11.3. The lowest BCUT2D eigenvalue weighted by atomic mass is 10.1. The first-order valence-corrected chi connectivity index (χ1v) is 15.9. The van der Waals surface area contributed by atoms with Crippen molar-refractivity contribution in [2.45, 2.75) is 45.6 Å². The van der Waals surface area contributed by atoms with Gasteiger partial charge < -0.3 is 10.2 Å². The van der Waals surface area contributed by atoms with E-state index in [1.807, 2.05) is 70.6 Å². The molecule has 3 rings (SSSR count). The smallest absolute Gasteiger partial charge is 0.0746 e. The van der Waals surface area contributed by atoms with Gasteiger partial charge in [-0.25, -0.2) is 0 Å². The van der Waals surface area contributed by atoms with Gasteiger partial charge >= 0.3 is 0 Å². The molecule has 1 aromatic rings. The maximum absolute atomic E-state index is 9.33. The zero-order valence-corrected chi connectivity index (χ0v) is 22.3. The van der Waals surface area contributed by atoms with Crippen LogP contribution in [0.3, 0.4) is 0 Å². The molecule has 0 saturated heterocycles. The number of hydrogen-bond donors (Lipinski definition) is 2. The van der Waals surface area contributed by atoms with Crippen LogP contribution in [-0.4, -0.2) is 44.1 Å². The van der Waals surface area contributed by atoms with Gasteiger partial charge in [-0.3, -0.25) is 0 Å². The molecule has 30 heavy (non-hydrogen) atoms. The molecular formula is C22H30O2S6. The van der Waals surface area contributed by atoms with E-state index < -0.39 is 0 Å². The fourth-order valence-electron chi connectivity index (χ4n) is 3.08. The van der Waals surface area contributed by atoms with Gasteiger partial charge in [-0.05, 0) is 46.9 Å². The van der Waals surface area contributed by atoms with Crippen LogP contribution in [0.5, 0.6) is 0 Å². The molecule has 8 heteroatoms. The SMILES string of the molecule is CCC(CSc1ccc(SCC(CC)C2SC=C(CO)S2)cc1)C1SC=C(CO)S1. The summed E-state index contributed by atoms with van der Waals surface area (Å²) in [5.74, 6) is 3.52. The maximum atomic E-state index is 9.33. The Hall–Kier alpha value is 0.720. The van der Waals surface area contributed by atoms with Crippen LogP contribution in [0.15, 0.2) is 54.7 Å². The number of rotatable bonds is 12. The third-order valence-corrected chi connectivity index (χ3v) is 13.5. The van der Waals surface area contributed by atoms with Gasteiger partial charge in [-0.1, -0.05) is 26.7 Å². The summed E-state index contributed by atoms with van der Waals surface area (Å²) in [5, 5.41) is 22.9. The monoisotopic (exact) mass is 518 g/mol. The highest BCUT2D eigenvalue weighted by molar-refractivity contribution is 8.23. The Bertz CT molecular complexity index is 660. The molecule has 166 valence electrons. The highest BCUT2D eigenvalue weighted by atomic mass is 32.2. The zero-order chi connectivity index (χ0) is 21.3. The van der Waals surface area contributed by atoms with Crippen molar-refractivity contribution in [2.24, 2.45) is 11.8 Å². The van der Waals surface area contributed by atoms with Gasteiger partial charge in [0.1, 0.15) is 0 Å². The van der Waals surface area contributed by atoms with Gasteiger partial charge in [-0.15, -0.1) is 70.6 Å². The van der Waals surface area contributed by atoms with Crippen LogP contribution in [0.25, 0.3) is 0 Å². The molecule has 0 amide bonds. The second-order valence-electron chi connectivity index (χ2n) is 7.16. The standard InChI is InChI=1S/C22H30O2S6/c1-3-15(21-27-13-19(9-23)29-21)11-25-17-5-7-18(8-6-17)26-12-16(4-2)22-28-14-20(10-24)30-22/h5-8,13-16,21-24H,3-4,9-12H2,1-2H3. The van der Waals surface area contributed by atoms with Crippen molar-refractivity contribution < 1.29 is 10.2 Å². The summed E-state index contributed by atoms with van der Waals surface area (Å²) >= 11 is 11.3. The van der Waals surface area contributed by atoms with E-state index in [0.29, 0.717) is 21.0 Å². The van der Waals surface area contributed by atoms with Crippen molar-refractivity contribution in [3.8, 4) is 0 Å². The van der Waals surface area contributed by atoms with Crippen LogP contribution in [0, 0.1) is 11.8 Å². The van der Waals surface area contributed by atoms with E-state index in [1.165, 1.54) is 22.6 Å². The second-order valence-corrected chi connectivity index (χ2v) is 14.5. The molecule has 4 atom stereocenters. The van der Waals surface area contributed by atoms with Crippen LogP contribution in [0.2, 0.25) is 0 Å². The molecule has 0 spiro atoms. The summed E-state index contributed by atoms with van der Waals surface area (Å²) in [4.78, 5) is 4.90. The minimum atomic E-state index is 0.174. The Morgan fingerprint density at radius 2 is 1.17 bits per heavy atom. The summed E-state index contributed by atoms with van der Waals surface area (Å²) in [5.41, 5.74) is 0. The molecule has 2 nitrogen and oxygen atoms in total. The van der Waals surface area contributed by atoms with Crippen LogP contribution >= 0.6 is 70.6 Å². The fourth-order valence-corrected chi connectivity index (χ4v) is 11.6. The molecule has 0 fully saturated rings. The largest absolute Gasteiger partial charge is 0.391 e. The quantitative estimate of drug-likeness (QED) is 0.281. The average molecular weight is 519 g/mol. The predicted octanol–water partition coefficient (Wildman–Crippen LogP) is 7.20. The van der Waals surface area contributed by atoms with Crippen LogP contribution in [-0.2, 0) is 0 Å². The van der Waals surface area contributed by atoms with Crippen molar-refractivity contribution >= 4 is 70.6 Å². The molecule has 4 unspecified atom stereocenters. The summed E-state index contributed by atoms with van der Waals surface area (Å²) in [6, 6.07) is 9.05. The Morgan fingerprint density at radius 1 is 0.767 bits per heavy atom. The molecule has 0 radical (unpaired) electrons. The van der Waals surface area contributed by atoms with E-state index >= 15 is 0 Å². The number of aliphatic hydroxyl groups excluding tert-OH is 2. The highest BCUT2D eigenvalue weighted by Crippen LogP contribution is 2.47. The molecule has 2 aliphatic heterocycles. The van der Waals surface area contributed by atoms with E-state index in [0.717, 1.165) is 21.3 Å². The van der Waals surface area contributed by atoms with Crippen molar-refractivity contribution in [3.05, 3.63) is 44.9 Å². The van der Waals surface area contributed by atoms with E-state index in [4.69, 9.17) is 0 Å². The van der Waals surface area contributed by atoms with Gasteiger partial charge in [-0.2, -0.15) is 0 Å². The van der Waals surface area contributed by atoms with Crippen LogP contribution < -0.4 is 0 Å². The lowest BCUT2D eigenvalue weighted by Crippen LogP contribution is -2.14. The van der Waals surface area contributed by atoms with Gasteiger partial charge in [0.05, 0.1) is 22.4 Å². The third-order valence-electron chi connectivity index (χ3n) is 5.08. The number of benzene rings is 1. The summed E-state index contributed by atoms with van der Waals surface area (Å²) in [6.07, 6.45) is 2.33. The van der Waals surface area contributed by atoms with Gasteiger partial charge in [0.2, 0.25) is 0 Å². The van der Waals surface area contributed by atoms with E-state index in [2.05, 4.69) is 48.9 Å². The summed E-state index contributed by atoms with van der Waals surface area (Å²) < 4.78 is 1.08. The van der Waals surface area contributed by atoms with Gasteiger partial charge in [0.25, 0.3) is 0 Å². The minimum Gasteiger partial charge on any atom is -0.391 e.